The fourth-order valence-corrected chi connectivity index (χ4v) is 5.09. The Morgan fingerprint density at radius 3 is 1.76 bits per heavy atom. The first-order valence-corrected chi connectivity index (χ1v) is 12.8. The van der Waals surface area contributed by atoms with Crippen LogP contribution in [0.1, 0.15) is 31.9 Å². The van der Waals surface area contributed by atoms with Crippen molar-refractivity contribution in [3.63, 3.8) is 0 Å². The summed E-state index contributed by atoms with van der Waals surface area (Å²) in [7, 11) is 0. The lowest BCUT2D eigenvalue weighted by Gasteiger charge is -2.13. The molecule has 33 heavy (non-hydrogen) atoms. The molecule has 0 spiro atoms. The maximum atomic E-state index is 13.0. The Labute approximate surface area is 209 Å². The molecule has 0 aliphatic rings. The molecule has 4 aromatic rings. The van der Waals surface area contributed by atoms with Gasteiger partial charge in [0.05, 0.1) is 13.1 Å². The van der Waals surface area contributed by atoms with Crippen LogP contribution >= 0.6 is 35.8 Å². The van der Waals surface area contributed by atoms with E-state index in [4.69, 9.17) is 24.4 Å². The summed E-state index contributed by atoms with van der Waals surface area (Å²) in [6.07, 6.45) is 0. The molecule has 0 bridgehead atoms. The minimum atomic E-state index is -0.101. The highest BCUT2D eigenvalue weighted by atomic mass is 32.1. The van der Waals surface area contributed by atoms with Gasteiger partial charge in [0, 0.05) is 0 Å². The van der Waals surface area contributed by atoms with Crippen molar-refractivity contribution in [2.75, 3.05) is 19.6 Å². The lowest BCUT2D eigenvalue weighted by molar-refractivity contribution is 0.321. The van der Waals surface area contributed by atoms with Gasteiger partial charge in [-0.2, -0.15) is 0 Å². The van der Waals surface area contributed by atoms with Crippen LogP contribution in [0.3, 0.4) is 0 Å². The molecule has 5 nitrogen and oxygen atoms in total. The smallest absolute Gasteiger partial charge is 0.274 e. The Kier molecular flexibility index (Phi) is 9.31. The van der Waals surface area contributed by atoms with Crippen molar-refractivity contribution in [1.29, 1.82) is 0 Å². The summed E-state index contributed by atoms with van der Waals surface area (Å²) < 4.78 is 5.19. The number of nitrogens with one attached hydrogen (secondary N) is 1. The van der Waals surface area contributed by atoms with Crippen molar-refractivity contribution >= 4 is 46.1 Å². The number of rotatable bonds is 7. The normalized spacial score (nSPS) is 10.9. The summed E-state index contributed by atoms with van der Waals surface area (Å²) >= 11 is 12.3. The lowest BCUT2D eigenvalue weighted by atomic mass is 10.2. The van der Waals surface area contributed by atoms with Crippen LogP contribution in [0.5, 0.6) is 0 Å². The zero-order chi connectivity index (χ0) is 23.8. The molecule has 1 N–H and O–H groups in total. The minimum absolute atomic E-state index is 0.101. The molecule has 0 unspecified atom stereocenters. The monoisotopic (exact) mass is 498 g/mol. The molecule has 0 saturated carbocycles. The van der Waals surface area contributed by atoms with Gasteiger partial charge in [-0.3, -0.25) is 9.36 Å². The number of H-pyrrole nitrogens is 1. The van der Waals surface area contributed by atoms with Gasteiger partial charge < -0.3 is 14.5 Å². The van der Waals surface area contributed by atoms with Crippen LogP contribution in [0.25, 0.3) is 10.3 Å². The molecule has 0 saturated heterocycles. The summed E-state index contributed by atoms with van der Waals surface area (Å²) in [4.78, 5) is 18.6. The van der Waals surface area contributed by atoms with Gasteiger partial charge in [-0.05, 0) is 55.2 Å². The van der Waals surface area contributed by atoms with E-state index in [1.54, 1.807) is 4.57 Å². The van der Waals surface area contributed by atoms with E-state index in [0.29, 0.717) is 32.2 Å². The highest BCUT2D eigenvalue weighted by molar-refractivity contribution is 7.73. The summed E-state index contributed by atoms with van der Waals surface area (Å²) in [6, 6.07) is 19.8. The number of hydrogen-bond donors (Lipinski definition) is 1. The van der Waals surface area contributed by atoms with Crippen molar-refractivity contribution in [2.45, 2.75) is 33.9 Å². The van der Waals surface area contributed by atoms with Gasteiger partial charge in [0.15, 0.2) is 8.73 Å². The van der Waals surface area contributed by atoms with Gasteiger partial charge in [0.2, 0.25) is 0 Å². The van der Waals surface area contributed by atoms with Crippen LogP contribution in [-0.4, -0.2) is 38.7 Å². The third-order valence-corrected chi connectivity index (χ3v) is 7.27. The van der Waals surface area contributed by atoms with E-state index >= 15 is 0 Å². The van der Waals surface area contributed by atoms with Gasteiger partial charge in [0.25, 0.3) is 5.56 Å². The van der Waals surface area contributed by atoms with E-state index in [1.807, 2.05) is 65.2 Å². The number of aromatic amines is 1. The second-order valence-electron chi connectivity index (χ2n) is 7.54. The van der Waals surface area contributed by atoms with E-state index in [0.717, 1.165) is 11.1 Å². The van der Waals surface area contributed by atoms with Crippen molar-refractivity contribution < 1.29 is 0 Å². The fraction of sp³-hybridized carbons (Fsp3) is 0.320. The largest absolute Gasteiger partial charge is 0.317 e. The van der Waals surface area contributed by atoms with Crippen LogP contribution in [0.2, 0.25) is 0 Å². The second kappa shape index (κ2) is 12.2. The first-order valence-electron chi connectivity index (χ1n) is 11.1. The molecule has 4 rings (SSSR count). The molecule has 2 aromatic carbocycles. The first kappa shape index (κ1) is 25.2. The third kappa shape index (κ3) is 6.35. The molecule has 0 radical (unpaired) electrons. The number of nitrogens with zero attached hydrogens (tertiary/aromatic N) is 3. The average molecular weight is 499 g/mol. The first-order chi connectivity index (χ1) is 16.0. The Bertz CT molecular complexity index is 1330. The maximum absolute atomic E-state index is 13.0. The molecule has 2 aromatic heterocycles. The van der Waals surface area contributed by atoms with Gasteiger partial charge in [-0.15, -0.1) is 0 Å². The van der Waals surface area contributed by atoms with E-state index in [1.165, 1.54) is 31.0 Å². The molecule has 0 aliphatic heterocycles. The number of aromatic nitrogens is 3. The standard InChI is InChI=1S/C19H15N3OS3.C6H15N/c23-17-15-16(20-18(24)22(17)12-14-9-5-2-6-10-14)21(19(25)26-15)11-13-7-3-1-4-8-13;1-4-7(5-2)6-3/h1-10H,11-12H2,(H,20,24);4-6H2,1-3H3. The lowest BCUT2D eigenvalue weighted by Crippen LogP contribution is -2.22. The SMILES string of the molecule is CCN(CC)CC.O=c1c2sc(=S)n(Cc3ccccc3)c2[nH]c(=S)n1Cc1ccccc1. The summed E-state index contributed by atoms with van der Waals surface area (Å²) in [6.45, 7) is 11.2. The van der Waals surface area contributed by atoms with E-state index in [9.17, 15) is 4.79 Å². The van der Waals surface area contributed by atoms with E-state index in [2.05, 4.69) is 30.7 Å². The van der Waals surface area contributed by atoms with E-state index in [-0.39, 0.29) is 5.56 Å². The van der Waals surface area contributed by atoms with Crippen molar-refractivity contribution in [3.05, 3.63) is 90.9 Å². The Balaban J connectivity index is 0.000000383. The third-order valence-electron chi connectivity index (χ3n) is 5.51. The summed E-state index contributed by atoms with van der Waals surface area (Å²) in [5.41, 5.74) is 2.75. The van der Waals surface area contributed by atoms with Crippen LogP contribution in [0.4, 0.5) is 0 Å². The summed E-state index contributed by atoms with van der Waals surface area (Å²) in [5, 5.41) is 0. The van der Waals surface area contributed by atoms with Gasteiger partial charge in [-0.1, -0.05) is 92.8 Å². The quantitative estimate of drug-likeness (QED) is 0.313. The van der Waals surface area contributed by atoms with Crippen molar-refractivity contribution in [1.82, 2.24) is 19.0 Å². The topological polar surface area (TPSA) is 46.0 Å². The Morgan fingerprint density at radius 2 is 1.30 bits per heavy atom. The molecule has 0 fully saturated rings. The average Bonchev–Trinajstić information content (AvgIpc) is 3.15. The van der Waals surface area contributed by atoms with Gasteiger partial charge in [-0.25, -0.2) is 0 Å². The number of thiazole rings is 1. The van der Waals surface area contributed by atoms with E-state index < -0.39 is 0 Å². The molecule has 0 atom stereocenters. The Hall–Kier alpha value is -2.39. The zero-order valence-electron chi connectivity index (χ0n) is 19.3. The minimum Gasteiger partial charge on any atom is -0.317 e. The van der Waals surface area contributed by atoms with Crippen LogP contribution in [-0.2, 0) is 13.1 Å². The highest BCUT2D eigenvalue weighted by Gasteiger charge is 2.13. The molecule has 0 aliphatic carbocycles. The molecule has 0 amide bonds. The van der Waals surface area contributed by atoms with Crippen molar-refractivity contribution in [3.8, 4) is 0 Å². The molecular weight excluding hydrogens is 469 g/mol. The highest BCUT2D eigenvalue weighted by Crippen LogP contribution is 2.20. The number of hydrogen-bond acceptors (Lipinski definition) is 5. The Morgan fingerprint density at radius 1 is 0.818 bits per heavy atom. The van der Waals surface area contributed by atoms with Crippen LogP contribution in [0.15, 0.2) is 65.5 Å². The molecule has 2 heterocycles. The molecule has 8 heteroatoms. The number of fused-ring (bicyclic) bond motifs is 1. The van der Waals surface area contributed by atoms with Crippen molar-refractivity contribution in [2.24, 2.45) is 0 Å². The fourth-order valence-electron chi connectivity index (χ4n) is 3.55. The predicted octanol–water partition coefficient (Wildman–Crippen LogP) is 6.10. The maximum Gasteiger partial charge on any atom is 0.274 e. The van der Waals surface area contributed by atoms with Crippen LogP contribution in [0, 0.1) is 8.73 Å². The second-order valence-corrected chi connectivity index (χ2v) is 9.57. The van der Waals surface area contributed by atoms with Gasteiger partial charge >= 0.3 is 0 Å². The molecular formula is C25H30N4OS3. The zero-order valence-corrected chi connectivity index (χ0v) is 21.7. The predicted molar refractivity (Wildman–Crippen MR) is 145 cm³/mol. The number of benzene rings is 2. The van der Waals surface area contributed by atoms with Crippen LogP contribution < -0.4 is 5.56 Å². The molecule has 174 valence electrons. The summed E-state index contributed by atoms with van der Waals surface area (Å²) in [5.74, 6) is 0. The van der Waals surface area contributed by atoms with Gasteiger partial charge in [0.1, 0.15) is 10.3 Å².